The standard InChI is InChI=1S/C21H27N3O3/c25-18-4-6-21(24(18)12-15-3-1-8-22-11-15)5-2-9-23(10-7-21)20(26)19-16-13-27-14-17(16)19/h1,3,8,11,16-17,19H,2,4-7,9-10,12-14H2/t16-,17+,19?,21?. The highest BCUT2D eigenvalue weighted by molar-refractivity contribution is 5.83. The Morgan fingerprint density at radius 3 is 2.85 bits per heavy atom. The van der Waals surface area contributed by atoms with Crippen molar-refractivity contribution in [3.63, 3.8) is 0 Å². The molecule has 0 aromatic carbocycles. The van der Waals surface area contributed by atoms with Gasteiger partial charge in [-0.1, -0.05) is 6.07 Å². The maximum absolute atomic E-state index is 12.9. The van der Waals surface area contributed by atoms with E-state index in [1.165, 1.54) is 0 Å². The lowest BCUT2D eigenvalue weighted by Crippen LogP contribution is -2.46. The average molecular weight is 369 g/mol. The summed E-state index contributed by atoms with van der Waals surface area (Å²) in [5.74, 6) is 1.69. The number of pyridine rings is 1. The van der Waals surface area contributed by atoms with Gasteiger partial charge in [-0.25, -0.2) is 0 Å². The maximum atomic E-state index is 12.9. The van der Waals surface area contributed by atoms with E-state index in [9.17, 15) is 9.59 Å². The van der Waals surface area contributed by atoms with Crippen LogP contribution in [0.3, 0.4) is 0 Å². The molecule has 27 heavy (non-hydrogen) atoms. The molecule has 2 amide bonds. The first-order valence-corrected chi connectivity index (χ1v) is 10.2. The fourth-order valence-electron chi connectivity index (χ4n) is 5.54. The van der Waals surface area contributed by atoms with E-state index in [-0.39, 0.29) is 17.4 Å². The van der Waals surface area contributed by atoms with Crippen molar-refractivity contribution in [3.05, 3.63) is 30.1 Å². The fourth-order valence-corrected chi connectivity index (χ4v) is 5.54. The third-order valence-electron chi connectivity index (χ3n) is 7.21. The number of fused-ring (bicyclic) bond motifs is 1. The van der Waals surface area contributed by atoms with Crippen LogP contribution in [-0.2, 0) is 20.9 Å². The van der Waals surface area contributed by atoms with Gasteiger partial charge < -0.3 is 14.5 Å². The molecule has 1 spiro atoms. The normalized spacial score (nSPS) is 35.4. The molecule has 2 unspecified atom stereocenters. The number of nitrogens with zero attached hydrogens (tertiary/aromatic N) is 3. The predicted octanol–water partition coefficient (Wildman–Crippen LogP) is 1.85. The zero-order valence-corrected chi connectivity index (χ0v) is 15.7. The molecule has 6 nitrogen and oxygen atoms in total. The summed E-state index contributed by atoms with van der Waals surface area (Å²) in [5, 5.41) is 0. The number of amides is 2. The van der Waals surface area contributed by atoms with E-state index in [2.05, 4.69) is 14.8 Å². The van der Waals surface area contributed by atoms with Crippen LogP contribution in [0.15, 0.2) is 24.5 Å². The summed E-state index contributed by atoms with van der Waals surface area (Å²) in [7, 11) is 0. The lowest BCUT2D eigenvalue weighted by molar-refractivity contribution is -0.134. The first-order valence-electron chi connectivity index (χ1n) is 10.2. The Balaban J connectivity index is 1.28. The highest BCUT2D eigenvalue weighted by Gasteiger charge is 2.59. The number of ether oxygens (including phenoxy) is 1. The van der Waals surface area contributed by atoms with Crippen LogP contribution in [0.5, 0.6) is 0 Å². The molecule has 1 aliphatic carbocycles. The van der Waals surface area contributed by atoms with E-state index in [4.69, 9.17) is 4.74 Å². The summed E-state index contributed by atoms with van der Waals surface area (Å²) in [5.41, 5.74) is 0.986. The summed E-state index contributed by atoms with van der Waals surface area (Å²) in [6.45, 7) is 3.74. The van der Waals surface area contributed by atoms with Crippen LogP contribution in [0.1, 0.15) is 37.7 Å². The molecule has 0 radical (unpaired) electrons. The largest absolute Gasteiger partial charge is 0.381 e. The van der Waals surface area contributed by atoms with Gasteiger partial charge >= 0.3 is 0 Å². The Hall–Kier alpha value is -1.95. The Kier molecular flexibility index (Phi) is 4.19. The van der Waals surface area contributed by atoms with Crippen molar-refractivity contribution >= 4 is 11.8 Å². The minimum atomic E-state index is -0.0928. The molecule has 0 bridgehead atoms. The molecule has 4 aliphatic rings. The number of hydrogen-bond acceptors (Lipinski definition) is 4. The second-order valence-corrected chi connectivity index (χ2v) is 8.64. The van der Waals surface area contributed by atoms with Gasteiger partial charge in [0.1, 0.15) is 0 Å². The van der Waals surface area contributed by atoms with Gasteiger partial charge in [0, 0.05) is 49.9 Å². The first kappa shape index (κ1) is 17.2. The Morgan fingerprint density at radius 2 is 2.07 bits per heavy atom. The Morgan fingerprint density at radius 1 is 1.22 bits per heavy atom. The quantitative estimate of drug-likeness (QED) is 0.816. The van der Waals surface area contributed by atoms with E-state index >= 15 is 0 Å². The third kappa shape index (κ3) is 2.94. The first-order chi connectivity index (χ1) is 13.2. The minimum Gasteiger partial charge on any atom is -0.381 e. The Labute approximate surface area is 159 Å². The van der Waals surface area contributed by atoms with E-state index in [0.717, 1.165) is 57.6 Å². The summed E-state index contributed by atoms with van der Waals surface area (Å²) < 4.78 is 5.44. The molecule has 5 rings (SSSR count). The van der Waals surface area contributed by atoms with Gasteiger partial charge in [-0.2, -0.15) is 0 Å². The van der Waals surface area contributed by atoms with Crippen LogP contribution in [0.4, 0.5) is 0 Å². The molecule has 144 valence electrons. The van der Waals surface area contributed by atoms with E-state index in [1.54, 1.807) is 6.20 Å². The van der Waals surface area contributed by atoms with Crippen LogP contribution < -0.4 is 0 Å². The van der Waals surface area contributed by atoms with Crippen molar-refractivity contribution < 1.29 is 14.3 Å². The number of likely N-dealkylation sites (tertiary alicyclic amines) is 2. The summed E-state index contributed by atoms with van der Waals surface area (Å²) in [4.78, 5) is 33.9. The van der Waals surface area contributed by atoms with Crippen LogP contribution >= 0.6 is 0 Å². The zero-order valence-electron chi connectivity index (χ0n) is 15.7. The average Bonchev–Trinajstić information content (AvgIpc) is 3.13. The smallest absolute Gasteiger partial charge is 0.226 e. The number of hydrogen-bond donors (Lipinski definition) is 0. The zero-order chi connectivity index (χ0) is 18.4. The maximum Gasteiger partial charge on any atom is 0.226 e. The van der Waals surface area contributed by atoms with Crippen molar-refractivity contribution in [2.45, 2.75) is 44.2 Å². The summed E-state index contributed by atoms with van der Waals surface area (Å²) in [6.07, 6.45) is 8.00. The Bertz CT molecular complexity index is 729. The lowest BCUT2D eigenvalue weighted by atomic mass is 9.87. The molecule has 3 saturated heterocycles. The van der Waals surface area contributed by atoms with Gasteiger partial charge in [-0.05, 0) is 49.1 Å². The summed E-state index contributed by atoms with van der Waals surface area (Å²) >= 11 is 0. The number of carbonyl (C=O) groups excluding carboxylic acids is 2. The van der Waals surface area contributed by atoms with Gasteiger partial charge in [-0.15, -0.1) is 0 Å². The van der Waals surface area contributed by atoms with Gasteiger partial charge in [0.25, 0.3) is 0 Å². The topological polar surface area (TPSA) is 62.7 Å². The van der Waals surface area contributed by atoms with Crippen molar-refractivity contribution in [1.82, 2.24) is 14.8 Å². The predicted molar refractivity (Wildman–Crippen MR) is 98.5 cm³/mol. The molecular formula is C21H27N3O3. The summed E-state index contributed by atoms with van der Waals surface area (Å²) in [6, 6.07) is 3.96. The monoisotopic (exact) mass is 369 g/mol. The van der Waals surface area contributed by atoms with Crippen molar-refractivity contribution in [2.75, 3.05) is 26.3 Å². The molecule has 6 heteroatoms. The number of aromatic nitrogens is 1. The second kappa shape index (κ2) is 6.59. The van der Waals surface area contributed by atoms with E-state index < -0.39 is 0 Å². The van der Waals surface area contributed by atoms with Crippen LogP contribution in [-0.4, -0.2) is 58.4 Å². The van der Waals surface area contributed by atoms with E-state index in [0.29, 0.717) is 30.7 Å². The molecule has 1 aromatic rings. The van der Waals surface area contributed by atoms with Crippen LogP contribution in [0.25, 0.3) is 0 Å². The lowest BCUT2D eigenvalue weighted by Gasteiger charge is -2.38. The molecule has 1 saturated carbocycles. The third-order valence-corrected chi connectivity index (χ3v) is 7.21. The van der Waals surface area contributed by atoms with Crippen LogP contribution in [0, 0.1) is 17.8 Å². The van der Waals surface area contributed by atoms with Gasteiger partial charge in [0.15, 0.2) is 0 Å². The van der Waals surface area contributed by atoms with E-state index in [1.807, 2.05) is 18.3 Å². The number of carbonyl (C=O) groups is 2. The van der Waals surface area contributed by atoms with Gasteiger partial charge in [-0.3, -0.25) is 14.6 Å². The highest BCUT2D eigenvalue weighted by Crippen LogP contribution is 2.52. The van der Waals surface area contributed by atoms with Crippen molar-refractivity contribution in [1.29, 1.82) is 0 Å². The van der Waals surface area contributed by atoms with Gasteiger partial charge in [0.05, 0.1) is 13.2 Å². The van der Waals surface area contributed by atoms with Crippen LogP contribution in [0.2, 0.25) is 0 Å². The molecule has 4 fully saturated rings. The highest BCUT2D eigenvalue weighted by atomic mass is 16.5. The van der Waals surface area contributed by atoms with Gasteiger partial charge in [0.2, 0.25) is 11.8 Å². The fraction of sp³-hybridized carbons (Fsp3) is 0.667. The molecule has 4 atom stereocenters. The molecule has 0 N–H and O–H groups in total. The molecule has 1 aromatic heterocycles. The molecular weight excluding hydrogens is 342 g/mol. The molecule has 4 heterocycles. The van der Waals surface area contributed by atoms with Crippen molar-refractivity contribution in [2.24, 2.45) is 17.8 Å². The molecule has 3 aliphatic heterocycles. The van der Waals surface area contributed by atoms with Crippen molar-refractivity contribution in [3.8, 4) is 0 Å². The minimum absolute atomic E-state index is 0.0928. The number of rotatable bonds is 3. The SMILES string of the molecule is O=C(C1[C@H]2COC[C@@H]12)N1CCCC2(CCC(=O)N2Cc2cccnc2)CC1. The second-order valence-electron chi connectivity index (χ2n) is 8.64.